The maximum Gasteiger partial charge on any atom is 0.157 e. The predicted octanol–water partition coefficient (Wildman–Crippen LogP) is 2.80. The summed E-state index contributed by atoms with van der Waals surface area (Å²) in [4.78, 5) is 10.1. The molecule has 0 heterocycles. The van der Waals surface area contributed by atoms with Gasteiger partial charge in [-0.25, -0.2) is 0 Å². The second-order valence-electron chi connectivity index (χ2n) is 2.39. The lowest BCUT2D eigenvalue weighted by Gasteiger charge is -2.08. The molecule has 76 valence electrons. The van der Waals surface area contributed by atoms with Gasteiger partial charge in [0, 0.05) is 0 Å². The molecular formula is C9H8Br2O3. The van der Waals surface area contributed by atoms with Crippen LogP contribution in [0.2, 0.25) is 0 Å². The fourth-order valence-corrected chi connectivity index (χ4v) is 1.82. The van der Waals surface area contributed by atoms with Crippen LogP contribution < -0.4 is 9.47 Å². The van der Waals surface area contributed by atoms with Gasteiger partial charge in [-0.1, -0.05) is 0 Å². The van der Waals surface area contributed by atoms with Gasteiger partial charge in [0.2, 0.25) is 0 Å². The van der Waals surface area contributed by atoms with Crippen molar-refractivity contribution in [3.8, 4) is 11.5 Å². The molecule has 0 atom stereocenters. The van der Waals surface area contributed by atoms with Crippen LogP contribution in [-0.4, -0.2) is 20.0 Å². The van der Waals surface area contributed by atoms with E-state index >= 15 is 0 Å². The van der Waals surface area contributed by atoms with Crippen LogP contribution in [0, 0.1) is 0 Å². The van der Waals surface area contributed by atoms with E-state index in [2.05, 4.69) is 31.9 Å². The van der Waals surface area contributed by atoms with E-state index < -0.39 is 0 Å². The number of aldehydes is 1. The Morgan fingerprint density at radius 2 is 1.86 bits per heavy atom. The zero-order valence-corrected chi connectivity index (χ0v) is 10.6. The van der Waals surface area contributed by atoms with E-state index in [1.807, 2.05) is 0 Å². The molecular weight excluding hydrogens is 316 g/mol. The Balaban J connectivity index is 2.96. The molecule has 1 aromatic carbocycles. The number of benzene rings is 1. The number of methoxy groups -OCH3 is 1. The molecule has 0 aliphatic rings. The highest BCUT2D eigenvalue weighted by atomic mass is 79.9. The van der Waals surface area contributed by atoms with E-state index in [9.17, 15) is 4.79 Å². The third-order valence-electron chi connectivity index (χ3n) is 1.51. The SMILES string of the molecule is COc1cc(Br)c(OCC=O)cc1Br. The van der Waals surface area contributed by atoms with Gasteiger partial charge in [0.1, 0.15) is 18.1 Å². The molecule has 0 aliphatic heterocycles. The first-order valence-corrected chi connectivity index (χ1v) is 5.37. The highest BCUT2D eigenvalue weighted by molar-refractivity contribution is 9.11. The molecule has 1 aromatic rings. The normalized spacial score (nSPS) is 9.64. The summed E-state index contributed by atoms with van der Waals surface area (Å²) in [5.41, 5.74) is 0. The number of hydrogen-bond acceptors (Lipinski definition) is 3. The smallest absolute Gasteiger partial charge is 0.157 e. The lowest BCUT2D eigenvalue weighted by molar-refractivity contribution is -0.109. The molecule has 0 unspecified atom stereocenters. The molecule has 0 saturated carbocycles. The number of halogens is 2. The first kappa shape index (κ1) is 11.5. The predicted molar refractivity (Wildman–Crippen MR) is 60.0 cm³/mol. The van der Waals surface area contributed by atoms with Gasteiger partial charge in [-0.2, -0.15) is 0 Å². The Bertz CT molecular complexity index is 339. The van der Waals surface area contributed by atoms with Gasteiger partial charge < -0.3 is 9.47 Å². The molecule has 0 N–H and O–H groups in total. The zero-order valence-electron chi connectivity index (χ0n) is 7.42. The van der Waals surface area contributed by atoms with Crippen LogP contribution in [0.5, 0.6) is 11.5 Å². The fourth-order valence-electron chi connectivity index (χ4n) is 0.901. The van der Waals surface area contributed by atoms with Crippen molar-refractivity contribution in [1.82, 2.24) is 0 Å². The molecule has 3 nitrogen and oxygen atoms in total. The topological polar surface area (TPSA) is 35.5 Å². The molecule has 0 amide bonds. The molecule has 0 bridgehead atoms. The number of rotatable bonds is 4. The van der Waals surface area contributed by atoms with Crippen molar-refractivity contribution in [3.63, 3.8) is 0 Å². The van der Waals surface area contributed by atoms with Crippen molar-refractivity contribution in [2.24, 2.45) is 0 Å². The van der Waals surface area contributed by atoms with E-state index in [1.165, 1.54) is 0 Å². The highest BCUT2D eigenvalue weighted by Crippen LogP contribution is 2.35. The Kier molecular flexibility index (Phi) is 4.41. The summed E-state index contributed by atoms with van der Waals surface area (Å²) >= 11 is 6.63. The van der Waals surface area contributed by atoms with Crippen molar-refractivity contribution >= 4 is 38.1 Å². The van der Waals surface area contributed by atoms with Gasteiger partial charge in [-0.05, 0) is 44.0 Å². The van der Waals surface area contributed by atoms with Crippen LogP contribution in [-0.2, 0) is 4.79 Å². The van der Waals surface area contributed by atoms with Crippen LogP contribution in [0.15, 0.2) is 21.1 Å². The first-order valence-electron chi connectivity index (χ1n) is 3.78. The molecule has 0 fully saturated rings. The molecule has 0 aliphatic carbocycles. The lowest BCUT2D eigenvalue weighted by atomic mass is 10.3. The van der Waals surface area contributed by atoms with E-state index in [1.54, 1.807) is 19.2 Å². The van der Waals surface area contributed by atoms with Crippen molar-refractivity contribution in [1.29, 1.82) is 0 Å². The minimum Gasteiger partial charge on any atom is -0.496 e. The third-order valence-corrected chi connectivity index (χ3v) is 2.75. The summed E-state index contributed by atoms with van der Waals surface area (Å²) in [6.07, 6.45) is 0.699. The highest BCUT2D eigenvalue weighted by Gasteiger charge is 2.07. The Labute approximate surface area is 98.6 Å². The fraction of sp³-hybridized carbons (Fsp3) is 0.222. The Morgan fingerprint density at radius 1 is 1.29 bits per heavy atom. The molecule has 14 heavy (non-hydrogen) atoms. The second-order valence-corrected chi connectivity index (χ2v) is 4.10. The molecule has 5 heteroatoms. The van der Waals surface area contributed by atoms with Crippen LogP contribution in [0.3, 0.4) is 0 Å². The Morgan fingerprint density at radius 3 is 2.43 bits per heavy atom. The average molecular weight is 324 g/mol. The standard InChI is InChI=1S/C9H8Br2O3/c1-13-8-4-7(11)9(5-6(8)10)14-3-2-12/h2,4-5H,3H2,1H3. The Hall–Kier alpha value is -0.550. The van der Waals surface area contributed by atoms with E-state index in [4.69, 9.17) is 9.47 Å². The van der Waals surface area contributed by atoms with Crippen molar-refractivity contribution in [2.75, 3.05) is 13.7 Å². The summed E-state index contributed by atoms with van der Waals surface area (Å²) < 4.78 is 11.8. The summed E-state index contributed by atoms with van der Waals surface area (Å²) in [6, 6.07) is 3.51. The van der Waals surface area contributed by atoms with Gasteiger partial charge in [0.15, 0.2) is 6.29 Å². The van der Waals surface area contributed by atoms with E-state index in [0.29, 0.717) is 17.8 Å². The summed E-state index contributed by atoms with van der Waals surface area (Å²) in [7, 11) is 1.58. The molecule has 0 aromatic heterocycles. The number of ether oxygens (including phenoxy) is 2. The summed E-state index contributed by atoms with van der Waals surface area (Å²) in [6.45, 7) is 0.0391. The van der Waals surface area contributed by atoms with Crippen LogP contribution in [0.4, 0.5) is 0 Å². The minimum absolute atomic E-state index is 0.0391. The maximum atomic E-state index is 10.1. The third kappa shape index (κ3) is 2.72. The number of carbonyl (C=O) groups is 1. The van der Waals surface area contributed by atoms with Crippen molar-refractivity contribution in [3.05, 3.63) is 21.1 Å². The maximum absolute atomic E-state index is 10.1. The molecule has 1 rings (SSSR count). The monoisotopic (exact) mass is 322 g/mol. The quantitative estimate of drug-likeness (QED) is 0.799. The summed E-state index contributed by atoms with van der Waals surface area (Å²) in [5, 5.41) is 0. The molecule has 0 radical (unpaired) electrons. The molecule has 0 spiro atoms. The van der Waals surface area contributed by atoms with E-state index in [0.717, 1.165) is 8.95 Å². The largest absolute Gasteiger partial charge is 0.496 e. The van der Waals surface area contributed by atoms with Crippen LogP contribution in [0.1, 0.15) is 0 Å². The van der Waals surface area contributed by atoms with Gasteiger partial charge >= 0.3 is 0 Å². The van der Waals surface area contributed by atoms with Crippen molar-refractivity contribution < 1.29 is 14.3 Å². The van der Waals surface area contributed by atoms with Gasteiger partial charge in [-0.15, -0.1) is 0 Å². The van der Waals surface area contributed by atoms with Gasteiger partial charge in [0.25, 0.3) is 0 Å². The zero-order chi connectivity index (χ0) is 10.6. The molecule has 0 saturated heterocycles. The average Bonchev–Trinajstić information content (AvgIpc) is 2.18. The second kappa shape index (κ2) is 5.36. The summed E-state index contributed by atoms with van der Waals surface area (Å²) in [5.74, 6) is 1.31. The van der Waals surface area contributed by atoms with E-state index in [-0.39, 0.29) is 6.61 Å². The number of carbonyl (C=O) groups excluding carboxylic acids is 1. The first-order chi connectivity index (χ1) is 6.69. The number of hydrogen-bond donors (Lipinski definition) is 0. The van der Waals surface area contributed by atoms with Crippen LogP contribution >= 0.6 is 31.9 Å². The van der Waals surface area contributed by atoms with Gasteiger partial charge in [-0.3, -0.25) is 4.79 Å². The lowest BCUT2D eigenvalue weighted by Crippen LogP contribution is -1.98. The minimum atomic E-state index is 0.0391. The van der Waals surface area contributed by atoms with Gasteiger partial charge in [0.05, 0.1) is 16.1 Å². The van der Waals surface area contributed by atoms with Crippen molar-refractivity contribution in [2.45, 2.75) is 0 Å². The van der Waals surface area contributed by atoms with Crippen LogP contribution in [0.25, 0.3) is 0 Å².